The molecule has 1 atom stereocenters. The van der Waals surface area contributed by atoms with Crippen molar-refractivity contribution in [2.24, 2.45) is 5.73 Å². The number of hydrogen-bond acceptors (Lipinski definition) is 3. The minimum absolute atomic E-state index is 0.194. The van der Waals surface area contributed by atoms with Gasteiger partial charge in [0, 0.05) is 6.07 Å². The summed E-state index contributed by atoms with van der Waals surface area (Å²) in [5.74, 6) is -0.764. The summed E-state index contributed by atoms with van der Waals surface area (Å²) in [6.07, 6.45) is 0. The van der Waals surface area contributed by atoms with Crippen molar-refractivity contribution < 1.29 is 14.6 Å². The maximum Gasteiger partial charge on any atom is 0.127 e. The summed E-state index contributed by atoms with van der Waals surface area (Å²) < 4.78 is 12.8. The van der Waals surface area contributed by atoms with Gasteiger partial charge in [-0.3, -0.25) is 0 Å². The molecule has 1 aromatic rings. The van der Waals surface area contributed by atoms with Gasteiger partial charge < -0.3 is 15.9 Å². The molecule has 1 aromatic carbocycles. The molecule has 0 aliphatic carbocycles. The van der Waals surface area contributed by atoms with Gasteiger partial charge in [-0.15, -0.1) is 0 Å². The quantitative estimate of drug-likeness (QED) is 0.635. The first-order valence-electron chi connectivity index (χ1n) is 3.85. The van der Waals surface area contributed by atoms with Gasteiger partial charge in [-0.1, -0.05) is 0 Å². The molecule has 0 aliphatic rings. The normalized spacial score (nSPS) is 15.4. The van der Waals surface area contributed by atoms with E-state index < -0.39 is 11.4 Å². The number of phenolic OH excluding ortho intramolecular Hbond substituents is 1. The minimum Gasteiger partial charge on any atom is -0.508 e. The van der Waals surface area contributed by atoms with Crippen LogP contribution < -0.4 is 5.73 Å². The standard InChI is InChI=1S/C9H12FNO2/c1-9(11,5-12)6-2-7(10)4-8(13)3-6/h2-4,12-13H,5,11H2,1H3/t9-/m1/s1. The summed E-state index contributed by atoms with van der Waals surface area (Å²) in [6.45, 7) is 1.25. The summed E-state index contributed by atoms with van der Waals surface area (Å²) in [5, 5.41) is 18.0. The lowest BCUT2D eigenvalue weighted by molar-refractivity contribution is 0.209. The van der Waals surface area contributed by atoms with E-state index in [2.05, 4.69) is 0 Å². The van der Waals surface area contributed by atoms with Gasteiger partial charge in [0.2, 0.25) is 0 Å². The average Bonchev–Trinajstić information content (AvgIpc) is 2.02. The van der Waals surface area contributed by atoms with Gasteiger partial charge in [-0.05, 0) is 24.6 Å². The molecule has 0 aliphatic heterocycles. The molecule has 13 heavy (non-hydrogen) atoms. The molecular formula is C9H12FNO2. The van der Waals surface area contributed by atoms with Crippen LogP contribution in [0.4, 0.5) is 4.39 Å². The lowest BCUT2D eigenvalue weighted by Gasteiger charge is -2.22. The summed E-state index contributed by atoms with van der Waals surface area (Å²) in [6, 6.07) is 3.51. The van der Waals surface area contributed by atoms with E-state index in [0.29, 0.717) is 5.56 Å². The second kappa shape index (κ2) is 3.32. The number of aliphatic hydroxyl groups excluding tert-OH is 1. The van der Waals surface area contributed by atoms with Crippen molar-refractivity contribution in [1.29, 1.82) is 0 Å². The lowest BCUT2D eigenvalue weighted by Crippen LogP contribution is -2.36. The fourth-order valence-electron chi connectivity index (χ4n) is 0.995. The SMILES string of the molecule is C[C@@](N)(CO)c1cc(O)cc(F)c1. The third kappa shape index (κ3) is 2.17. The Labute approximate surface area is 75.6 Å². The maximum atomic E-state index is 12.8. The molecule has 72 valence electrons. The van der Waals surface area contributed by atoms with Crippen LogP contribution in [0.3, 0.4) is 0 Å². The smallest absolute Gasteiger partial charge is 0.127 e. The number of nitrogens with two attached hydrogens (primary N) is 1. The van der Waals surface area contributed by atoms with Crippen LogP contribution >= 0.6 is 0 Å². The summed E-state index contributed by atoms with van der Waals surface area (Å²) in [4.78, 5) is 0. The Morgan fingerprint density at radius 1 is 1.46 bits per heavy atom. The van der Waals surface area contributed by atoms with E-state index in [1.54, 1.807) is 6.92 Å². The van der Waals surface area contributed by atoms with Gasteiger partial charge in [-0.2, -0.15) is 0 Å². The molecule has 0 radical (unpaired) electrons. The van der Waals surface area contributed by atoms with Crippen LogP contribution in [0.25, 0.3) is 0 Å². The second-order valence-electron chi connectivity index (χ2n) is 3.27. The highest BCUT2D eigenvalue weighted by atomic mass is 19.1. The van der Waals surface area contributed by atoms with E-state index in [-0.39, 0.29) is 12.4 Å². The Balaban J connectivity index is 3.15. The molecule has 0 unspecified atom stereocenters. The van der Waals surface area contributed by atoms with Crippen LogP contribution in [-0.2, 0) is 5.54 Å². The number of halogens is 1. The predicted octanol–water partition coefficient (Wildman–Crippen LogP) is 0.698. The zero-order valence-corrected chi connectivity index (χ0v) is 7.29. The van der Waals surface area contributed by atoms with Crippen molar-refractivity contribution in [1.82, 2.24) is 0 Å². The molecule has 0 fully saturated rings. The van der Waals surface area contributed by atoms with Gasteiger partial charge in [-0.25, -0.2) is 4.39 Å². The topological polar surface area (TPSA) is 66.5 Å². The van der Waals surface area contributed by atoms with Crippen molar-refractivity contribution in [3.63, 3.8) is 0 Å². The Morgan fingerprint density at radius 3 is 2.54 bits per heavy atom. The molecule has 0 saturated carbocycles. The zero-order valence-electron chi connectivity index (χ0n) is 7.29. The van der Waals surface area contributed by atoms with E-state index in [9.17, 15) is 4.39 Å². The molecule has 0 amide bonds. The van der Waals surface area contributed by atoms with Crippen LogP contribution in [0.15, 0.2) is 18.2 Å². The van der Waals surface area contributed by atoms with Gasteiger partial charge in [0.25, 0.3) is 0 Å². The van der Waals surface area contributed by atoms with Crippen LogP contribution in [-0.4, -0.2) is 16.8 Å². The van der Waals surface area contributed by atoms with Crippen LogP contribution in [0, 0.1) is 5.82 Å². The van der Waals surface area contributed by atoms with Gasteiger partial charge in [0.05, 0.1) is 12.1 Å². The summed E-state index contributed by atoms with van der Waals surface area (Å²) in [5.41, 5.74) is 4.99. The number of aromatic hydroxyl groups is 1. The first kappa shape index (κ1) is 9.95. The molecule has 4 N–H and O–H groups in total. The van der Waals surface area contributed by atoms with Crippen molar-refractivity contribution in [3.05, 3.63) is 29.6 Å². The lowest BCUT2D eigenvalue weighted by atomic mass is 9.94. The van der Waals surface area contributed by atoms with Gasteiger partial charge in [0.15, 0.2) is 0 Å². The van der Waals surface area contributed by atoms with Crippen molar-refractivity contribution in [2.45, 2.75) is 12.5 Å². The molecule has 0 bridgehead atoms. The maximum absolute atomic E-state index is 12.8. The van der Waals surface area contributed by atoms with Crippen molar-refractivity contribution >= 4 is 0 Å². The molecule has 0 spiro atoms. The fraction of sp³-hybridized carbons (Fsp3) is 0.333. The molecule has 0 heterocycles. The van der Waals surface area contributed by atoms with E-state index in [0.717, 1.165) is 6.07 Å². The molecule has 0 aromatic heterocycles. The summed E-state index contributed by atoms with van der Waals surface area (Å²) >= 11 is 0. The highest BCUT2D eigenvalue weighted by molar-refractivity contribution is 5.32. The minimum atomic E-state index is -1.03. The number of aliphatic hydroxyl groups is 1. The first-order valence-corrected chi connectivity index (χ1v) is 3.85. The van der Waals surface area contributed by atoms with Crippen molar-refractivity contribution in [3.8, 4) is 5.75 Å². The Kier molecular flexibility index (Phi) is 2.54. The molecule has 0 saturated heterocycles. The Bertz CT molecular complexity index is 292. The number of phenols is 1. The number of hydrogen-bond donors (Lipinski definition) is 3. The predicted molar refractivity (Wildman–Crippen MR) is 46.7 cm³/mol. The third-order valence-electron chi connectivity index (χ3n) is 1.87. The second-order valence-corrected chi connectivity index (χ2v) is 3.27. The van der Waals surface area contributed by atoms with Crippen LogP contribution in [0.2, 0.25) is 0 Å². The third-order valence-corrected chi connectivity index (χ3v) is 1.87. The highest BCUT2D eigenvalue weighted by Crippen LogP contribution is 2.22. The van der Waals surface area contributed by atoms with Crippen LogP contribution in [0.1, 0.15) is 12.5 Å². The Hall–Kier alpha value is -1.13. The Morgan fingerprint density at radius 2 is 2.08 bits per heavy atom. The molecule has 4 heteroatoms. The molecule has 1 rings (SSSR count). The largest absolute Gasteiger partial charge is 0.508 e. The van der Waals surface area contributed by atoms with E-state index in [1.165, 1.54) is 12.1 Å². The van der Waals surface area contributed by atoms with E-state index in [1.807, 2.05) is 0 Å². The zero-order chi connectivity index (χ0) is 10.1. The number of benzene rings is 1. The van der Waals surface area contributed by atoms with Crippen molar-refractivity contribution in [2.75, 3.05) is 6.61 Å². The molecule has 3 nitrogen and oxygen atoms in total. The monoisotopic (exact) mass is 185 g/mol. The first-order chi connectivity index (χ1) is 5.95. The van der Waals surface area contributed by atoms with Gasteiger partial charge in [0.1, 0.15) is 11.6 Å². The highest BCUT2D eigenvalue weighted by Gasteiger charge is 2.21. The number of rotatable bonds is 2. The van der Waals surface area contributed by atoms with E-state index in [4.69, 9.17) is 15.9 Å². The van der Waals surface area contributed by atoms with Gasteiger partial charge >= 0.3 is 0 Å². The van der Waals surface area contributed by atoms with Crippen LogP contribution in [0.5, 0.6) is 5.75 Å². The average molecular weight is 185 g/mol. The van der Waals surface area contributed by atoms with E-state index >= 15 is 0 Å². The fourth-order valence-corrected chi connectivity index (χ4v) is 0.995. The molecular weight excluding hydrogens is 173 g/mol. The summed E-state index contributed by atoms with van der Waals surface area (Å²) in [7, 11) is 0.